The number of anilines is 3. The van der Waals surface area contributed by atoms with Crippen molar-refractivity contribution in [1.29, 1.82) is 0 Å². The Morgan fingerprint density at radius 2 is 1.02 bits per heavy atom. The number of hydrogen-bond acceptors (Lipinski definition) is 8. The predicted molar refractivity (Wildman–Crippen MR) is 183 cm³/mol. The van der Waals surface area contributed by atoms with Crippen LogP contribution < -0.4 is 25.8 Å². The summed E-state index contributed by atoms with van der Waals surface area (Å²) in [6.07, 6.45) is 15.2. The van der Waals surface area contributed by atoms with Gasteiger partial charge in [-0.25, -0.2) is 0 Å². The van der Waals surface area contributed by atoms with Crippen molar-refractivity contribution in [3.05, 3.63) is 0 Å². The Kier molecular flexibility index (Phi) is 10.9. The van der Waals surface area contributed by atoms with Crippen LogP contribution in [-0.2, 0) is 0 Å². The Bertz CT molecular complexity index is 928. The molecular weight excluding hydrogens is 532 g/mol. The van der Waals surface area contributed by atoms with Crippen molar-refractivity contribution in [2.75, 3.05) is 28.2 Å². The summed E-state index contributed by atoms with van der Waals surface area (Å²) in [6, 6.07) is 1.19. The lowest BCUT2D eigenvalue weighted by Crippen LogP contribution is -2.63. The van der Waals surface area contributed by atoms with E-state index in [1.54, 1.807) is 0 Å². The van der Waals surface area contributed by atoms with Crippen LogP contribution in [0, 0.1) is 0 Å². The molecule has 8 heteroatoms. The molecule has 0 amide bonds. The molecule has 1 saturated carbocycles. The minimum absolute atomic E-state index is 0.0509. The highest BCUT2D eigenvalue weighted by Gasteiger charge is 2.43. The molecule has 0 aromatic carbocycles. The standard InChI is InChI=1S/C35H66N8/c1-11-13-20-42(27-22-32(3,4)40-33(5,6)23-27)30-37-29(36-26-18-16-15-17-19-26)38-31(39-30)43(21-14-12-2)28-24-34(7,8)41-35(9,10)25-28/h26-28,40-41H,11-25H2,1-10H3,(H,36,37,38,39). The number of unbranched alkanes of at least 4 members (excludes halogenated alkanes) is 2. The first-order valence-corrected chi connectivity index (χ1v) is 17.8. The Morgan fingerprint density at radius 1 is 0.628 bits per heavy atom. The van der Waals surface area contributed by atoms with Gasteiger partial charge < -0.3 is 25.8 Å². The molecule has 1 aliphatic carbocycles. The third-order valence-corrected chi connectivity index (χ3v) is 9.79. The highest BCUT2D eigenvalue weighted by Crippen LogP contribution is 2.36. The van der Waals surface area contributed by atoms with Crippen molar-refractivity contribution < 1.29 is 0 Å². The molecule has 0 unspecified atom stereocenters. The monoisotopic (exact) mass is 599 g/mol. The molecule has 1 aromatic heterocycles. The molecule has 246 valence electrons. The van der Waals surface area contributed by atoms with E-state index in [0.717, 1.165) is 82.3 Å². The Labute approximate surface area is 264 Å². The number of hydrogen-bond donors (Lipinski definition) is 3. The second kappa shape index (κ2) is 13.8. The fourth-order valence-electron chi connectivity index (χ4n) is 8.63. The summed E-state index contributed by atoms with van der Waals surface area (Å²) in [4.78, 5) is 21.0. The maximum absolute atomic E-state index is 5.42. The molecular formula is C35H66N8. The SMILES string of the molecule is CCCCN(c1nc(NC2CCCCC2)nc(N(CCCC)C2CC(C)(C)NC(C)(C)C2)n1)C1CC(C)(C)NC(C)(C)C1. The highest BCUT2D eigenvalue weighted by atomic mass is 15.4. The van der Waals surface area contributed by atoms with Crippen LogP contribution in [0.15, 0.2) is 0 Å². The van der Waals surface area contributed by atoms with Crippen molar-refractivity contribution in [3.8, 4) is 0 Å². The molecule has 3 fully saturated rings. The molecule has 2 saturated heterocycles. The third-order valence-electron chi connectivity index (χ3n) is 9.79. The van der Waals surface area contributed by atoms with Crippen molar-refractivity contribution in [2.45, 2.75) is 193 Å². The molecule has 43 heavy (non-hydrogen) atoms. The van der Waals surface area contributed by atoms with E-state index in [1.165, 1.54) is 32.1 Å². The predicted octanol–water partition coefficient (Wildman–Crippen LogP) is 7.45. The van der Waals surface area contributed by atoms with Gasteiger partial charge in [0.05, 0.1) is 0 Å². The van der Waals surface area contributed by atoms with Crippen LogP contribution in [0.2, 0.25) is 0 Å². The van der Waals surface area contributed by atoms with Crippen LogP contribution in [-0.4, -0.2) is 68.3 Å². The molecule has 1 aromatic rings. The van der Waals surface area contributed by atoms with Crippen LogP contribution in [0.5, 0.6) is 0 Å². The molecule has 0 radical (unpaired) electrons. The fourth-order valence-corrected chi connectivity index (χ4v) is 8.63. The topological polar surface area (TPSA) is 81.2 Å². The van der Waals surface area contributed by atoms with E-state index < -0.39 is 0 Å². The largest absolute Gasteiger partial charge is 0.351 e. The Hall–Kier alpha value is -1.67. The minimum Gasteiger partial charge on any atom is -0.351 e. The van der Waals surface area contributed by atoms with Gasteiger partial charge in [0.2, 0.25) is 17.8 Å². The lowest BCUT2D eigenvalue weighted by molar-refractivity contribution is 0.157. The van der Waals surface area contributed by atoms with Gasteiger partial charge in [0.25, 0.3) is 0 Å². The summed E-state index contributed by atoms with van der Waals surface area (Å²) in [5.74, 6) is 2.50. The zero-order valence-corrected chi connectivity index (χ0v) is 29.6. The summed E-state index contributed by atoms with van der Waals surface area (Å²) in [5, 5.41) is 11.6. The average molecular weight is 599 g/mol. The van der Waals surface area contributed by atoms with Gasteiger partial charge in [0.15, 0.2) is 0 Å². The normalized spacial score (nSPS) is 24.0. The van der Waals surface area contributed by atoms with Gasteiger partial charge in [-0.3, -0.25) is 0 Å². The minimum atomic E-state index is 0.0509. The molecule has 0 bridgehead atoms. The third kappa shape index (κ3) is 9.66. The van der Waals surface area contributed by atoms with Gasteiger partial charge in [-0.2, -0.15) is 15.0 Å². The quantitative estimate of drug-likeness (QED) is 0.229. The lowest BCUT2D eigenvalue weighted by atomic mass is 9.79. The second-order valence-corrected chi connectivity index (χ2v) is 16.7. The fraction of sp³-hybridized carbons (Fsp3) is 0.914. The summed E-state index contributed by atoms with van der Waals surface area (Å²) >= 11 is 0. The van der Waals surface area contributed by atoms with Crippen LogP contribution in [0.25, 0.3) is 0 Å². The zero-order valence-electron chi connectivity index (χ0n) is 29.6. The Balaban J connectivity index is 1.78. The van der Waals surface area contributed by atoms with E-state index in [1.807, 2.05) is 0 Å². The first kappa shape index (κ1) is 34.2. The van der Waals surface area contributed by atoms with Gasteiger partial charge in [-0.15, -0.1) is 0 Å². The summed E-state index contributed by atoms with van der Waals surface area (Å²) in [5.41, 5.74) is 0.204. The summed E-state index contributed by atoms with van der Waals surface area (Å²) in [7, 11) is 0. The van der Waals surface area contributed by atoms with Crippen molar-refractivity contribution in [1.82, 2.24) is 25.6 Å². The number of aromatic nitrogens is 3. The molecule has 8 nitrogen and oxygen atoms in total. The van der Waals surface area contributed by atoms with E-state index in [0.29, 0.717) is 18.1 Å². The van der Waals surface area contributed by atoms with Gasteiger partial charge in [-0.1, -0.05) is 46.0 Å². The second-order valence-electron chi connectivity index (χ2n) is 16.7. The van der Waals surface area contributed by atoms with Crippen molar-refractivity contribution in [2.24, 2.45) is 0 Å². The van der Waals surface area contributed by atoms with Gasteiger partial charge >= 0.3 is 0 Å². The lowest BCUT2D eigenvalue weighted by Gasteiger charge is -2.50. The molecule has 3 N–H and O–H groups in total. The number of nitrogens with zero attached hydrogens (tertiary/aromatic N) is 5. The average Bonchev–Trinajstić information content (AvgIpc) is 2.86. The first-order chi connectivity index (χ1) is 20.1. The van der Waals surface area contributed by atoms with Crippen LogP contribution >= 0.6 is 0 Å². The van der Waals surface area contributed by atoms with Gasteiger partial charge in [-0.05, 0) is 107 Å². The first-order valence-electron chi connectivity index (χ1n) is 17.8. The van der Waals surface area contributed by atoms with Crippen LogP contribution in [0.1, 0.15) is 153 Å². The molecule has 3 aliphatic rings. The van der Waals surface area contributed by atoms with E-state index in [4.69, 9.17) is 15.0 Å². The van der Waals surface area contributed by atoms with E-state index >= 15 is 0 Å². The van der Waals surface area contributed by atoms with Crippen LogP contribution in [0.4, 0.5) is 17.8 Å². The van der Waals surface area contributed by atoms with Crippen LogP contribution in [0.3, 0.4) is 0 Å². The molecule has 3 heterocycles. The number of piperidine rings is 2. The smallest absolute Gasteiger partial charge is 0.232 e. The summed E-state index contributed by atoms with van der Waals surface area (Å²) < 4.78 is 0. The number of rotatable bonds is 12. The molecule has 4 rings (SSSR count). The van der Waals surface area contributed by atoms with Crippen molar-refractivity contribution >= 4 is 17.8 Å². The van der Waals surface area contributed by atoms with Gasteiger partial charge in [0.1, 0.15) is 0 Å². The molecule has 0 atom stereocenters. The molecule has 2 aliphatic heterocycles. The zero-order chi connectivity index (χ0) is 31.5. The van der Waals surface area contributed by atoms with E-state index in [9.17, 15) is 0 Å². The van der Waals surface area contributed by atoms with E-state index in [2.05, 4.69) is 95.0 Å². The van der Waals surface area contributed by atoms with E-state index in [-0.39, 0.29) is 22.2 Å². The maximum Gasteiger partial charge on any atom is 0.232 e. The number of nitrogens with one attached hydrogen (secondary N) is 3. The van der Waals surface area contributed by atoms with Crippen molar-refractivity contribution in [3.63, 3.8) is 0 Å². The highest BCUT2D eigenvalue weighted by molar-refractivity contribution is 5.47. The van der Waals surface area contributed by atoms with Gasteiger partial charge in [0, 0.05) is 53.4 Å². The summed E-state index contributed by atoms with van der Waals surface area (Å²) in [6.45, 7) is 25.3. The molecule has 0 spiro atoms. The Morgan fingerprint density at radius 3 is 1.40 bits per heavy atom. The maximum atomic E-state index is 5.42.